The van der Waals surface area contributed by atoms with Gasteiger partial charge in [-0.15, -0.1) is 5.60 Å². The van der Waals surface area contributed by atoms with E-state index in [4.69, 9.17) is 56.5 Å². The number of anilines is 2. The predicted octanol–water partition coefficient (Wildman–Crippen LogP) is 7.94. The molecule has 6 aromatic rings. The van der Waals surface area contributed by atoms with Gasteiger partial charge in [-0.1, -0.05) is 168 Å². The molecule has 0 saturated carbocycles. The third-order valence-electron chi connectivity index (χ3n) is 10.1. The van der Waals surface area contributed by atoms with Crippen LogP contribution in [0.15, 0.2) is 143 Å². The molecule has 9 nitrogen and oxygen atoms in total. The Morgan fingerprint density at radius 1 is 0.657 bits per heavy atom. The number of alkyl halides is 1. The van der Waals surface area contributed by atoms with Crippen LogP contribution in [0.5, 0.6) is 0 Å². The van der Waals surface area contributed by atoms with Crippen molar-refractivity contribution in [2.24, 2.45) is 9.98 Å². The molecule has 0 saturated heterocycles. The van der Waals surface area contributed by atoms with Crippen molar-refractivity contribution in [1.82, 2.24) is 0 Å². The molecule has 2 N–H and O–H groups in total. The number of rotatable bonds is 7. The van der Waals surface area contributed by atoms with E-state index in [2.05, 4.69) is 20.9 Å². The molecule has 2 heterocycles. The van der Waals surface area contributed by atoms with E-state index in [0.717, 1.165) is 71.9 Å². The first-order valence-electron chi connectivity index (χ1n) is 20.8. The quantitative estimate of drug-likeness (QED) is 0.124. The smallest absolute Gasteiger partial charge is 0.850 e. The van der Waals surface area contributed by atoms with Crippen molar-refractivity contribution in [1.29, 1.82) is 0 Å². The first kappa shape index (κ1) is 56.3. The van der Waals surface area contributed by atoms with E-state index >= 15 is 0 Å². The molecule has 344 valence electrons. The van der Waals surface area contributed by atoms with Crippen LogP contribution in [0.4, 0.5) is 11.4 Å². The van der Waals surface area contributed by atoms with Gasteiger partial charge in [-0.3, -0.25) is 19.6 Å². The molecule has 2 aliphatic rings. The summed E-state index contributed by atoms with van der Waals surface area (Å²) in [6.45, 7) is 4.95. The summed E-state index contributed by atoms with van der Waals surface area (Å²) >= 11 is 27.9. The third-order valence-corrected chi connectivity index (χ3v) is 11.9. The number of amides is 2. The predicted molar refractivity (Wildman–Crippen MR) is 273 cm³/mol. The van der Waals surface area contributed by atoms with Crippen LogP contribution in [0, 0.1) is 0 Å². The largest absolute Gasteiger partial charge is 1.00 e. The van der Waals surface area contributed by atoms with Gasteiger partial charge in [0.2, 0.25) is 5.91 Å². The normalized spacial score (nSPS) is 14.1. The van der Waals surface area contributed by atoms with Crippen molar-refractivity contribution >= 4 is 96.9 Å². The summed E-state index contributed by atoms with van der Waals surface area (Å²) in [6, 6.07) is 40.5. The first-order valence-corrected chi connectivity index (χ1v) is 23.5. The van der Waals surface area contributed by atoms with Crippen LogP contribution in [-0.4, -0.2) is 65.7 Å². The number of nitrogens with zero attached hydrogens (tertiary/aromatic N) is 4. The van der Waals surface area contributed by atoms with Crippen LogP contribution in [-0.2, 0) is 34.6 Å². The Bertz CT molecular complexity index is 2690. The van der Waals surface area contributed by atoms with Crippen LogP contribution in [0.3, 0.4) is 0 Å². The number of carbonyl (C=O) groups is 2. The molecule has 0 aliphatic carbocycles. The van der Waals surface area contributed by atoms with Gasteiger partial charge in [0.05, 0.1) is 36.0 Å². The van der Waals surface area contributed by atoms with Crippen LogP contribution < -0.4 is 66.3 Å². The number of aliphatic imine (C=N–C) groups is 2. The summed E-state index contributed by atoms with van der Waals surface area (Å²) in [7, 11) is 3.49. The van der Waals surface area contributed by atoms with Crippen molar-refractivity contribution < 1.29 is 76.3 Å². The third kappa shape index (κ3) is 16.2. The van der Waals surface area contributed by atoms with Crippen LogP contribution in [0.25, 0.3) is 0 Å². The van der Waals surface area contributed by atoms with Gasteiger partial charge in [0.1, 0.15) is 12.6 Å². The van der Waals surface area contributed by atoms with E-state index in [1.54, 1.807) is 56.8 Å². The molecule has 8 rings (SSSR count). The van der Waals surface area contributed by atoms with Crippen molar-refractivity contribution in [2.45, 2.75) is 57.4 Å². The Hall–Kier alpha value is -3.24. The zero-order chi connectivity index (χ0) is 48.1. The number of hydrogen-bond acceptors (Lipinski definition) is 7. The van der Waals surface area contributed by atoms with Gasteiger partial charge in [0.15, 0.2) is 0 Å². The molecule has 1 atom stereocenters. The standard InChI is InChI=1S/C24H20Cl2N2O2.C17H15ClN2O2.C7H6BrCl.C4H9O.K/c1-28-22-11-10-18(25)13-19(22)23(16-8-6-15(14-29)7-9-16)27-21(24(28)30)12-17-4-2-3-5-20(17)26;1-20-15-7-6-13(18)8-14(15)17(19-9-16(20)22)12-4-2-11(10-21)3-5-12;8-5-6-3-1-2-4-7(6)9;1-4(2,3)5;/h2-11,13,21,29H,12,14H2,1H3;2-8,21H,9-10H2,1H3;1-4H,5H2;1-3H3;/q;;;-1;+1. The number of likely N-dealkylation sites (N-methyl/N-ethyl adjacent to an activating group) is 2. The second-order valence-electron chi connectivity index (χ2n) is 16.2. The monoisotopic (exact) mass is 1070 g/mol. The number of aliphatic hydroxyl groups is 2. The van der Waals surface area contributed by atoms with Crippen molar-refractivity contribution in [2.75, 3.05) is 30.4 Å². The minimum atomic E-state index is -0.750. The summed E-state index contributed by atoms with van der Waals surface area (Å²) in [5.41, 5.74) is 9.21. The number of benzodiazepines with no additional fused rings is 2. The van der Waals surface area contributed by atoms with Gasteiger partial charge >= 0.3 is 51.4 Å². The Morgan fingerprint density at radius 2 is 1.09 bits per heavy atom. The second-order valence-corrected chi connectivity index (χ2v) is 18.4. The maximum Gasteiger partial charge on any atom is 1.00 e. The van der Waals surface area contributed by atoms with Crippen LogP contribution in [0.2, 0.25) is 20.1 Å². The van der Waals surface area contributed by atoms with Gasteiger partial charge in [-0.05, 0) is 70.8 Å². The maximum absolute atomic E-state index is 13.3. The molecule has 15 heteroatoms. The van der Waals surface area contributed by atoms with Crippen molar-refractivity contribution in [3.63, 3.8) is 0 Å². The molecule has 2 amide bonds. The Labute approximate surface area is 464 Å². The fourth-order valence-electron chi connectivity index (χ4n) is 6.70. The zero-order valence-corrected chi connectivity index (χ0v) is 45.8. The van der Waals surface area contributed by atoms with Crippen molar-refractivity contribution in [3.8, 4) is 0 Å². The summed E-state index contributed by atoms with van der Waals surface area (Å²) in [4.78, 5) is 38.0. The molecule has 6 aromatic carbocycles. The number of halogens is 5. The van der Waals surface area contributed by atoms with E-state index < -0.39 is 11.6 Å². The molecule has 0 aromatic heterocycles. The minimum Gasteiger partial charge on any atom is -0.850 e. The molecule has 2 aliphatic heterocycles. The molecule has 0 radical (unpaired) electrons. The molecule has 0 spiro atoms. The van der Waals surface area contributed by atoms with Crippen LogP contribution >= 0.6 is 62.3 Å². The Morgan fingerprint density at radius 3 is 1.54 bits per heavy atom. The molecular weight excluding hydrogens is 1020 g/mol. The number of carbonyl (C=O) groups excluding carboxylic acids is 2. The van der Waals surface area contributed by atoms with E-state index in [1.807, 2.05) is 121 Å². The summed E-state index contributed by atoms with van der Waals surface area (Å²) in [5.74, 6) is -0.175. The summed E-state index contributed by atoms with van der Waals surface area (Å²) in [6.07, 6.45) is 0.392. The Balaban J connectivity index is 0.000000230. The SMILES string of the molecule is CC(C)(C)[O-].CN1C(=O)C(Cc2ccccc2Cl)N=C(c2ccc(CO)cc2)c2cc(Cl)ccc21.CN1C(=O)CN=C(c2ccc(CO)cc2)c2cc(Cl)ccc21.Clc1ccccc1CBr.[K+]. The number of aliphatic hydroxyl groups excluding tert-OH is 2. The maximum atomic E-state index is 13.3. The molecule has 67 heavy (non-hydrogen) atoms. The molecule has 0 fully saturated rings. The van der Waals surface area contributed by atoms with Gasteiger partial charge < -0.3 is 25.1 Å². The van der Waals surface area contributed by atoms with Gasteiger partial charge in [0, 0.05) is 68.2 Å². The molecule has 0 bridgehead atoms. The van der Waals surface area contributed by atoms with Gasteiger partial charge in [-0.25, -0.2) is 0 Å². The summed E-state index contributed by atoms with van der Waals surface area (Å²) in [5, 5.41) is 32.1. The number of hydrogen-bond donors (Lipinski definition) is 2. The topological polar surface area (TPSA) is 129 Å². The first-order chi connectivity index (χ1) is 31.4. The number of fused-ring (bicyclic) bond motifs is 2. The number of benzene rings is 6. The fourth-order valence-corrected chi connectivity index (χ4v) is 8.11. The van der Waals surface area contributed by atoms with Gasteiger partial charge in [-0.2, -0.15) is 0 Å². The average molecular weight is 1070 g/mol. The molecule has 1 unspecified atom stereocenters. The zero-order valence-electron chi connectivity index (χ0n) is 38.1. The van der Waals surface area contributed by atoms with Crippen LogP contribution in [0.1, 0.15) is 65.3 Å². The second kappa shape index (κ2) is 26.7. The Kier molecular flexibility index (Phi) is 22.4. The minimum absolute atomic E-state index is 0. The summed E-state index contributed by atoms with van der Waals surface area (Å²) < 4.78 is 0. The average Bonchev–Trinajstić information content (AvgIpc) is 3.48. The van der Waals surface area contributed by atoms with E-state index in [1.165, 1.54) is 0 Å². The van der Waals surface area contributed by atoms with E-state index in [9.17, 15) is 19.8 Å². The molecular formula is C52H50BrCl4KN4O5. The fraction of sp³-hybridized carbons (Fsp3) is 0.231. The van der Waals surface area contributed by atoms with E-state index in [-0.39, 0.29) is 83.0 Å². The van der Waals surface area contributed by atoms with Gasteiger partial charge in [0.25, 0.3) is 5.91 Å². The van der Waals surface area contributed by atoms with E-state index in [0.29, 0.717) is 27.2 Å². The van der Waals surface area contributed by atoms with Crippen molar-refractivity contribution in [3.05, 3.63) is 198 Å².